The van der Waals surface area contributed by atoms with Gasteiger partial charge in [-0.15, -0.1) is 0 Å². The van der Waals surface area contributed by atoms with Crippen molar-refractivity contribution in [2.75, 3.05) is 6.61 Å². The largest absolute Gasteiger partial charge is 0.489 e. The van der Waals surface area contributed by atoms with E-state index in [1.807, 2.05) is 18.2 Å². The average molecular weight is 365 g/mol. The van der Waals surface area contributed by atoms with Crippen molar-refractivity contribution in [2.45, 2.75) is 32.1 Å². The second-order valence-corrected chi connectivity index (χ2v) is 6.27. The number of amides is 1. The standard InChI is InChI=1S/C17H21BrN2O2/c1-2-10-22-16-9-8-15(18)11-14(16)12-19-20-17(21)13-6-4-3-5-7-13/h2,8-9,11-13H,1,3-7,10H2,(H,20,21)/b19-12-. The summed E-state index contributed by atoms with van der Waals surface area (Å²) < 4.78 is 6.50. The van der Waals surface area contributed by atoms with Crippen molar-refractivity contribution in [3.8, 4) is 5.75 Å². The SMILES string of the molecule is C=CCOc1ccc(Br)cc1/C=N\NC(=O)C1CCCCC1. The van der Waals surface area contributed by atoms with Gasteiger partial charge in [-0.3, -0.25) is 4.79 Å². The summed E-state index contributed by atoms with van der Waals surface area (Å²) in [7, 11) is 0. The van der Waals surface area contributed by atoms with Crippen molar-refractivity contribution in [1.82, 2.24) is 5.43 Å². The fourth-order valence-corrected chi connectivity index (χ4v) is 2.90. The first-order chi connectivity index (χ1) is 10.7. The number of ether oxygens (including phenoxy) is 1. The van der Waals surface area contributed by atoms with Gasteiger partial charge in [-0.2, -0.15) is 5.10 Å². The van der Waals surface area contributed by atoms with Crippen molar-refractivity contribution >= 4 is 28.1 Å². The lowest BCUT2D eigenvalue weighted by Gasteiger charge is -2.19. The lowest BCUT2D eigenvalue weighted by molar-refractivity contribution is -0.125. The Bertz CT molecular complexity index is 552. The molecule has 4 nitrogen and oxygen atoms in total. The molecule has 2 rings (SSSR count). The van der Waals surface area contributed by atoms with Crippen LogP contribution in [-0.4, -0.2) is 18.7 Å². The zero-order chi connectivity index (χ0) is 15.8. The van der Waals surface area contributed by atoms with Gasteiger partial charge in [0.05, 0.1) is 6.21 Å². The van der Waals surface area contributed by atoms with E-state index in [0.29, 0.717) is 12.4 Å². The summed E-state index contributed by atoms with van der Waals surface area (Å²) in [6.45, 7) is 4.06. The van der Waals surface area contributed by atoms with Crippen LogP contribution in [0.2, 0.25) is 0 Å². The lowest BCUT2D eigenvalue weighted by atomic mass is 9.89. The Morgan fingerprint density at radius 2 is 2.18 bits per heavy atom. The number of carbonyl (C=O) groups is 1. The number of benzene rings is 1. The minimum atomic E-state index is 0.0134. The second kappa shape index (κ2) is 8.73. The van der Waals surface area contributed by atoms with Crippen molar-refractivity contribution in [1.29, 1.82) is 0 Å². The summed E-state index contributed by atoms with van der Waals surface area (Å²) in [5, 5.41) is 4.08. The molecule has 0 radical (unpaired) electrons. The Balaban J connectivity index is 1.97. The minimum absolute atomic E-state index is 0.0134. The Labute approximate surface area is 139 Å². The maximum atomic E-state index is 12.0. The summed E-state index contributed by atoms with van der Waals surface area (Å²) in [5.74, 6) is 0.822. The first-order valence-electron chi connectivity index (χ1n) is 7.57. The lowest BCUT2D eigenvalue weighted by Crippen LogP contribution is -2.28. The molecule has 1 aromatic carbocycles. The summed E-state index contributed by atoms with van der Waals surface area (Å²) >= 11 is 3.42. The molecule has 0 saturated heterocycles. The van der Waals surface area contributed by atoms with Crippen molar-refractivity contribution in [3.63, 3.8) is 0 Å². The van der Waals surface area contributed by atoms with E-state index in [0.717, 1.165) is 35.7 Å². The van der Waals surface area contributed by atoms with Crippen molar-refractivity contribution in [2.24, 2.45) is 11.0 Å². The van der Waals surface area contributed by atoms with Crippen LogP contribution in [0.3, 0.4) is 0 Å². The summed E-state index contributed by atoms with van der Waals surface area (Å²) in [5.41, 5.74) is 3.45. The third-order valence-electron chi connectivity index (χ3n) is 3.68. The number of nitrogens with zero attached hydrogens (tertiary/aromatic N) is 1. The van der Waals surface area contributed by atoms with E-state index in [2.05, 4.69) is 33.0 Å². The maximum absolute atomic E-state index is 12.0. The molecular weight excluding hydrogens is 344 g/mol. The molecule has 0 atom stereocenters. The van der Waals surface area contributed by atoms with E-state index in [1.54, 1.807) is 12.3 Å². The minimum Gasteiger partial charge on any atom is -0.489 e. The monoisotopic (exact) mass is 364 g/mol. The number of hydrogen-bond acceptors (Lipinski definition) is 3. The zero-order valence-electron chi connectivity index (χ0n) is 12.6. The normalized spacial score (nSPS) is 15.7. The number of hydrazone groups is 1. The molecule has 0 spiro atoms. The van der Waals surface area contributed by atoms with E-state index >= 15 is 0 Å². The average Bonchev–Trinajstić information content (AvgIpc) is 2.55. The highest BCUT2D eigenvalue weighted by Gasteiger charge is 2.20. The first kappa shape index (κ1) is 16.7. The molecule has 1 N–H and O–H groups in total. The number of hydrogen-bond donors (Lipinski definition) is 1. The van der Waals surface area contributed by atoms with E-state index < -0.39 is 0 Å². The molecule has 5 heteroatoms. The van der Waals surface area contributed by atoms with Gasteiger partial charge in [-0.25, -0.2) is 5.43 Å². The highest BCUT2D eigenvalue weighted by atomic mass is 79.9. The Hall–Kier alpha value is -1.62. The first-order valence-corrected chi connectivity index (χ1v) is 8.36. The van der Waals surface area contributed by atoms with Crippen LogP contribution in [0.4, 0.5) is 0 Å². The Kier molecular flexibility index (Phi) is 6.65. The van der Waals surface area contributed by atoms with Gasteiger partial charge in [0, 0.05) is 16.0 Å². The smallest absolute Gasteiger partial charge is 0.243 e. The van der Waals surface area contributed by atoms with Crippen LogP contribution in [-0.2, 0) is 4.79 Å². The molecule has 1 amide bonds. The number of halogens is 1. The molecule has 22 heavy (non-hydrogen) atoms. The van der Waals surface area contributed by atoms with Crippen molar-refractivity contribution in [3.05, 3.63) is 40.9 Å². The Morgan fingerprint density at radius 3 is 2.91 bits per heavy atom. The van der Waals surface area contributed by atoms with Gasteiger partial charge >= 0.3 is 0 Å². The fourth-order valence-electron chi connectivity index (χ4n) is 2.52. The number of rotatable bonds is 6. The molecule has 1 fully saturated rings. The van der Waals surface area contributed by atoms with Gasteiger partial charge in [0.2, 0.25) is 5.91 Å². The van der Waals surface area contributed by atoms with E-state index in [4.69, 9.17) is 4.74 Å². The molecule has 1 saturated carbocycles. The topological polar surface area (TPSA) is 50.7 Å². The predicted molar refractivity (Wildman–Crippen MR) is 92.1 cm³/mol. The van der Waals surface area contributed by atoms with Crippen LogP contribution in [0.25, 0.3) is 0 Å². The highest BCUT2D eigenvalue weighted by molar-refractivity contribution is 9.10. The van der Waals surface area contributed by atoms with Gasteiger partial charge < -0.3 is 4.74 Å². The van der Waals surface area contributed by atoms with Gasteiger partial charge in [0.25, 0.3) is 0 Å². The van der Waals surface area contributed by atoms with Crippen LogP contribution in [0.15, 0.2) is 40.4 Å². The van der Waals surface area contributed by atoms with Crippen molar-refractivity contribution < 1.29 is 9.53 Å². The molecule has 0 bridgehead atoms. The van der Waals surface area contributed by atoms with Crippen LogP contribution >= 0.6 is 15.9 Å². The van der Waals surface area contributed by atoms with Gasteiger partial charge in [-0.05, 0) is 31.0 Å². The molecule has 0 aliphatic heterocycles. The van der Waals surface area contributed by atoms with Crippen LogP contribution in [0.5, 0.6) is 5.75 Å². The molecule has 118 valence electrons. The maximum Gasteiger partial charge on any atom is 0.243 e. The predicted octanol–water partition coefficient (Wildman–Crippen LogP) is 4.04. The van der Waals surface area contributed by atoms with Crippen LogP contribution in [0, 0.1) is 5.92 Å². The second-order valence-electron chi connectivity index (χ2n) is 5.35. The van der Waals surface area contributed by atoms with E-state index in [1.165, 1.54) is 6.42 Å². The highest BCUT2D eigenvalue weighted by Crippen LogP contribution is 2.24. The van der Waals surface area contributed by atoms with E-state index in [9.17, 15) is 4.79 Å². The molecule has 0 aromatic heterocycles. The third kappa shape index (κ3) is 4.98. The van der Waals surface area contributed by atoms with E-state index in [-0.39, 0.29) is 11.8 Å². The summed E-state index contributed by atoms with van der Waals surface area (Å²) in [4.78, 5) is 12.0. The molecule has 0 unspecified atom stereocenters. The van der Waals surface area contributed by atoms with Crippen LogP contribution < -0.4 is 10.2 Å². The van der Waals surface area contributed by atoms with Gasteiger partial charge in [-0.1, -0.05) is 47.8 Å². The summed E-state index contributed by atoms with van der Waals surface area (Å²) in [6, 6.07) is 5.66. The fraction of sp³-hybridized carbons (Fsp3) is 0.412. The Morgan fingerprint density at radius 1 is 1.41 bits per heavy atom. The number of carbonyl (C=O) groups excluding carboxylic acids is 1. The quantitative estimate of drug-likeness (QED) is 0.470. The number of nitrogens with one attached hydrogen (secondary N) is 1. The molecule has 0 heterocycles. The van der Waals surface area contributed by atoms with Gasteiger partial charge in [0.15, 0.2) is 0 Å². The summed E-state index contributed by atoms with van der Waals surface area (Å²) in [6.07, 6.45) is 8.73. The van der Waals surface area contributed by atoms with Gasteiger partial charge in [0.1, 0.15) is 12.4 Å². The third-order valence-corrected chi connectivity index (χ3v) is 4.18. The molecule has 1 aromatic rings. The molecular formula is C17H21BrN2O2. The zero-order valence-corrected chi connectivity index (χ0v) is 14.1. The molecule has 1 aliphatic carbocycles. The molecule has 1 aliphatic rings. The van der Waals surface area contributed by atoms with Crippen LogP contribution in [0.1, 0.15) is 37.7 Å².